The molecule has 0 saturated heterocycles. The van der Waals surface area contributed by atoms with E-state index in [4.69, 9.17) is 27.6 Å². The van der Waals surface area contributed by atoms with Crippen LogP contribution in [-0.2, 0) is 7.05 Å². The Kier molecular flexibility index (Phi) is 4.41. The van der Waals surface area contributed by atoms with Crippen molar-refractivity contribution >= 4 is 46.4 Å². The van der Waals surface area contributed by atoms with E-state index in [1.807, 2.05) is 60.1 Å². The fraction of sp³-hybridized carbons (Fsp3) is 0.0526. The summed E-state index contributed by atoms with van der Waals surface area (Å²) in [5, 5.41) is 5.15. The number of nitrogens with one attached hydrogen (secondary N) is 1. The Morgan fingerprint density at radius 1 is 1.08 bits per heavy atom. The van der Waals surface area contributed by atoms with Crippen LogP contribution in [0.15, 0.2) is 64.1 Å². The van der Waals surface area contributed by atoms with Crippen molar-refractivity contribution in [2.75, 3.05) is 5.43 Å². The van der Waals surface area contributed by atoms with Gasteiger partial charge in [0.15, 0.2) is 0 Å². The summed E-state index contributed by atoms with van der Waals surface area (Å²) in [5.74, 6) is 1.86. The molecule has 4 rings (SSSR count). The molecule has 0 aliphatic heterocycles. The van der Waals surface area contributed by atoms with Gasteiger partial charge in [0.05, 0.1) is 27.3 Å². The number of hydrazone groups is 1. The van der Waals surface area contributed by atoms with E-state index in [0.29, 0.717) is 27.5 Å². The fourth-order valence-electron chi connectivity index (χ4n) is 2.66. The van der Waals surface area contributed by atoms with Gasteiger partial charge in [-0.15, -0.1) is 0 Å². The Morgan fingerprint density at radius 3 is 2.77 bits per heavy atom. The molecule has 4 aromatic rings. The summed E-state index contributed by atoms with van der Waals surface area (Å²) in [7, 11) is 1.93. The SMILES string of the molecule is Cn1c(N/N=C\c2ccc(-c3cccc(Cl)c3Cl)o2)nc2ccccc21. The van der Waals surface area contributed by atoms with Crippen molar-refractivity contribution in [3.63, 3.8) is 0 Å². The molecule has 0 saturated carbocycles. The van der Waals surface area contributed by atoms with E-state index in [-0.39, 0.29) is 0 Å². The smallest absolute Gasteiger partial charge is 0.224 e. The molecule has 0 radical (unpaired) electrons. The van der Waals surface area contributed by atoms with Crippen LogP contribution in [0.5, 0.6) is 0 Å². The molecule has 0 aliphatic carbocycles. The number of para-hydroxylation sites is 2. The third-order valence-corrected chi connectivity index (χ3v) is 4.81. The first-order valence-corrected chi connectivity index (χ1v) is 8.64. The molecule has 0 unspecified atom stereocenters. The minimum Gasteiger partial charge on any atom is -0.455 e. The Labute approximate surface area is 159 Å². The molecular weight excluding hydrogens is 371 g/mol. The maximum Gasteiger partial charge on any atom is 0.224 e. The highest BCUT2D eigenvalue weighted by atomic mass is 35.5. The second-order valence-electron chi connectivity index (χ2n) is 5.66. The van der Waals surface area contributed by atoms with Crippen molar-refractivity contribution < 1.29 is 4.42 Å². The van der Waals surface area contributed by atoms with E-state index in [0.717, 1.165) is 16.6 Å². The molecule has 0 bridgehead atoms. The number of hydrogen-bond donors (Lipinski definition) is 1. The molecular formula is C19H14Cl2N4O. The predicted octanol–water partition coefficient (Wildman–Crippen LogP) is 5.59. The summed E-state index contributed by atoms with van der Waals surface area (Å²) in [6.07, 6.45) is 1.58. The number of fused-ring (bicyclic) bond motifs is 1. The van der Waals surface area contributed by atoms with Crippen LogP contribution in [0.2, 0.25) is 10.0 Å². The van der Waals surface area contributed by atoms with Crippen molar-refractivity contribution in [3.8, 4) is 11.3 Å². The molecule has 0 atom stereocenters. The van der Waals surface area contributed by atoms with Gasteiger partial charge in [0.25, 0.3) is 0 Å². The Hall–Kier alpha value is -2.76. The molecule has 2 aromatic heterocycles. The largest absolute Gasteiger partial charge is 0.455 e. The van der Waals surface area contributed by atoms with Gasteiger partial charge >= 0.3 is 0 Å². The minimum absolute atomic E-state index is 0.463. The quantitative estimate of drug-likeness (QED) is 0.368. The lowest BCUT2D eigenvalue weighted by Gasteiger charge is -2.02. The van der Waals surface area contributed by atoms with Gasteiger partial charge in [-0.25, -0.2) is 10.4 Å². The van der Waals surface area contributed by atoms with Crippen LogP contribution >= 0.6 is 23.2 Å². The second kappa shape index (κ2) is 6.86. The first-order valence-electron chi connectivity index (χ1n) is 7.88. The zero-order valence-electron chi connectivity index (χ0n) is 13.8. The standard InChI is InChI=1S/C19H14Cl2N4O/c1-25-16-8-3-2-7-15(16)23-19(25)24-22-11-12-9-10-17(26-12)13-5-4-6-14(20)18(13)21/h2-11H,1H3,(H,23,24)/b22-11-. The van der Waals surface area contributed by atoms with Gasteiger partial charge < -0.3 is 8.98 Å². The Balaban J connectivity index is 1.53. The number of nitrogens with zero attached hydrogens (tertiary/aromatic N) is 3. The molecule has 7 heteroatoms. The molecule has 2 heterocycles. The lowest BCUT2D eigenvalue weighted by molar-refractivity contribution is 0.575. The van der Waals surface area contributed by atoms with Crippen LogP contribution in [-0.4, -0.2) is 15.8 Å². The van der Waals surface area contributed by atoms with E-state index < -0.39 is 0 Å². The van der Waals surface area contributed by atoms with Crippen molar-refractivity contribution in [1.82, 2.24) is 9.55 Å². The number of hydrogen-bond acceptors (Lipinski definition) is 4. The fourth-order valence-corrected chi connectivity index (χ4v) is 3.05. The Bertz CT molecular complexity index is 1110. The highest BCUT2D eigenvalue weighted by Crippen LogP contribution is 2.34. The number of imidazole rings is 1. The molecule has 26 heavy (non-hydrogen) atoms. The lowest BCUT2D eigenvalue weighted by atomic mass is 10.2. The number of aromatic nitrogens is 2. The number of rotatable bonds is 4. The molecule has 2 aromatic carbocycles. The van der Waals surface area contributed by atoms with Crippen LogP contribution < -0.4 is 5.43 Å². The van der Waals surface area contributed by atoms with Crippen LogP contribution in [0.25, 0.3) is 22.4 Å². The van der Waals surface area contributed by atoms with E-state index in [1.165, 1.54) is 0 Å². The van der Waals surface area contributed by atoms with E-state index in [1.54, 1.807) is 12.3 Å². The first kappa shape index (κ1) is 16.7. The maximum absolute atomic E-state index is 6.23. The van der Waals surface area contributed by atoms with Crippen molar-refractivity contribution in [1.29, 1.82) is 0 Å². The van der Waals surface area contributed by atoms with Gasteiger partial charge in [0.2, 0.25) is 5.95 Å². The van der Waals surface area contributed by atoms with Gasteiger partial charge in [-0.3, -0.25) is 0 Å². The minimum atomic E-state index is 0.463. The number of furan rings is 1. The monoisotopic (exact) mass is 384 g/mol. The van der Waals surface area contributed by atoms with E-state index in [9.17, 15) is 0 Å². The zero-order chi connectivity index (χ0) is 18.1. The number of anilines is 1. The van der Waals surface area contributed by atoms with Gasteiger partial charge in [-0.05, 0) is 36.4 Å². The molecule has 5 nitrogen and oxygen atoms in total. The predicted molar refractivity (Wildman–Crippen MR) is 106 cm³/mol. The molecule has 130 valence electrons. The van der Waals surface area contributed by atoms with Gasteiger partial charge in [-0.2, -0.15) is 5.10 Å². The van der Waals surface area contributed by atoms with Crippen LogP contribution in [0.3, 0.4) is 0 Å². The van der Waals surface area contributed by atoms with E-state index >= 15 is 0 Å². The molecule has 0 spiro atoms. The first-order chi connectivity index (χ1) is 12.6. The summed E-state index contributed by atoms with van der Waals surface area (Å²) in [5.41, 5.74) is 5.61. The number of benzene rings is 2. The van der Waals surface area contributed by atoms with E-state index in [2.05, 4.69) is 15.5 Å². The average Bonchev–Trinajstić information content (AvgIpc) is 3.23. The van der Waals surface area contributed by atoms with Crippen molar-refractivity contribution in [2.24, 2.45) is 12.1 Å². The van der Waals surface area contributed by atoms with Crippen LogP contribution in [0, 0.1) is 0 Å². The average molecular weight is 385 g/mol. The summed E-state index contributed by atoms with van der Waals surface area (Å²) in [4.78, 5) is 4.49. The molecule has 0 aliphatic rings. The third-order valence-electron chi connectivity index (χ3n) is 3.99. The molecule has 0 amide bonds. The van der Waals surface area contributed by atoms with Crippen molar-refractivity contribution in [3.05, 3.63) is 70.4 Å². The summed E-state index contributed by atoms with van der Waals surface area (Å²) >= 11 is 12.3. The molecule has 1 N–H and O–H groups in total. The number of halogens is 2. The number of aryl methyl sites for hydroxylation is 1. The van der Waals surface area contributed by atoms with Gasteiger partial charge in [0.1, 0.15) is 11.5 Å². The highest BCUT2D eigenvalue weighted by Gasteiger charge is 2.10. The van der Waals surface area contributed by atoms with Gasteiger partial charge in [0, 0.05) is 12.6 Å². The second-order valence-corrected chi connectivity index (χ2v) is 6.44. The Morgan fingerprint density at radius 2 is 1.92 bits per heavy atom. The molecule has 0 fully saturated rings. The maximum atomic E-state index is 6.23. The third kappa shape index (κ3) is 3.07. The zero-order valence-corrected chi connectivity index (χ0v) is 15.3. The van der Waals surface area contributed by atoms with Crippen LogP contribution in [0.1, 0.15) is 5.76 Å². The van der Waals surface area contributed by atoms with Crippen LogP contribution in [0.4, 0.5) is 5.95 Å². The summed E-state index contributed by atoms with van der Waals surface area (Å²) in [6, 6.07) is 16.9. The highest BCUT2D eigenvalue weighted by molar-refractivity contribution is 6.43. The normalized spacial score (nSPS) is 11.5. The topological polar surface area (TPSA) is 55.4 Å². The van der Waals surface area contributed by atoms with Gasteiger partial charge in [-0.1, -0.05) is 41.4 Å². The van der Waals surface area contributed by atoms with Crippen molar-refractivity contribution in [2.45, 2.75) is 0 Å². The summed E-state index contributed by atoms with van der Waals surface area (Å²) < 4.78 is 7.71. The lowest BCUT2D eigenvalue weighted by Crippen LogP contribution is -1.98. The summed E-state index contributed by atoms with van der Waals surface area (Å²) in [6.45, 7) is 0.